The summed E-state index contributed by atoms with van der Waals surface area (Å²) in [7, 11) is 0.895. The molecule has 0 spiro atoms. The van der Waals surface area contributed by atoms with Crippen LogP contribution < -0.4 is 39.9 Å². The molecule has 19 nitrogen and oxygen atoms in total. The van der Waals surface area contributed by atoms with E-state index < -0.39 is 22.0 Å². The summed E-state index contributed by atoms with van der Waals surface area (Å²) in [6.45, 7) is 6.96. The molecule has 3 aromatic carbocycles. The van der Waals surface area contributed by atoms with Gasteiger partial charge in [0.25, 0.3) is 5.91 Å². The molecule has 1 aromatic heterocycles. The van der Waals surface area contributed by atoms with E-state index in [0.717, 1.165) is 72.8 Å². The minimum absolute atomic E-state index is 0.0149. The second kappa shape index (κ2) is 19.8. The quantitative estimate of drug-likeness (QED) is 0.120. The Morgan fingerprint density at radius 2 is 1.64 bits per heavy atom. The number of fused-ring (bicyclic) bond motifs is 1. The molecule has 4 N–H and O–H groups in total. The second-order valence-corrected chi connectivity index (χ2v) is 19.4. The molecule has 0 bridgehead atoms. The Hall–Kier alpha value is -6.38. The summed E-state index contributed by atoms with van der Waals surface area (Å²) in [5.74, 6) is 0.405. The second-order valence-electron chi connectivity index (χ2n) is 17.0. The van der Waals surface area contributed by atoms with Crippen LogP contribution in [0.25, 0.3) is 0 Å². The van der Waals surface area contributed by atoms with E-state index in [1.165, 1.54) is 25.3 Å². The van der Waals surface area contributed by atoms with E-state index >= 15 is 0 Å². The van der Waals surface area contributed by atoms with Crippen molar-refractivity contribution in [3.8, 4) is 11.5 Å². The predicted molar refractivity (Wildman–Crippen MR) is 257 cm³/mol. The van der Waals surface area contributed by atoms with Crippen molar-refractivity contribution in [3.63, 3.8) is 0 Å². The van der Waals surface area contributed by atoms with Crippen molar-refractivity contribution in [1.29, 1.82) is 0 Å². The van der Waals surface area contributed by atoms with Gasteiger partial charge in [-0.05, 0) is 61.6 Å². The molecule has 3 saturated heterocycles. The van der Waals surface area contributed by atoms with E-state index in [0.29, 0.717) is 58.9 Å². The van der Waals surface area contributed by atoms with Crippen LogP contribution in [0.15, 0.2) is 54.7 Å². The maximum Gasteiger partial charge on any atom is 0.255 e. The molecule has 0 aliphatic carbocycles. The van der Waals surface area contributed by atoms with Gasteiger partial charge in [0.15, 0.2) is 5.82 Å². The molecule has 0 radical (unpaired) electrons. The van der Waals surface area contributed by atoms with Gasteiger partial charge in [-0.15, -0.1) is 0 Å². The van der Waals surface area contributed by atoms with Crippen LogP contribution in [0.4, 0.5) is 40.2 Å². The molecular weight excluding hydrogens is 902 g/mol. The molecule has 1 unspecified atom stereocenters. The van der Waals surface area contributed by atoms with Crippen molar-refractivity contribution in [3.05, 3.63) is 76.4 Å². The Morgan fingerprint density at radius 1 is 0.925 bits per heavy atom. The number of nitrogens with one attached hydrogen (secondary N) is 4. The number of hydrogen-bond donors (Lipinski definition) is 4. The van der Waals surface area contributed by atoms with Gasteiger partial charge < -0.3 is 40.1 Å². The SMILES string of the molecule is CCc1cc(Nc2ncc(Cl)c(Nc3cccc(OC)c3N(C)S(C)(=O)=O)n2)c(OC)cc1N1CCC(N2CCN(C(=O)CNc3cccc4c3CN(C3CCC(=O)NC3=O)C4=O)CC2)CC1. The highest BCUT2D eigenvalue weighted by Gasteiger charge is 2.40. The van der Waals surface area contributed by atoms with Gasteiger partial charge in [-0.1, -0.05) is 30.7 Å². The fourth-order valence-electron chi connectivity index (χ4n) is 9.34. The number of imide groups is 1. The lowest BCUT2D eigenvalue weighted by Gasteiger charge is -2.43. The highest BCUT2D eigenvalue weighted by Crippen LogP contribution is 2.41. The number of methoxy groups -OCH3 is 2. The number of sulfonamides is 1. The summed E-state index contributed by atoms with van der Waals surface area (Å²) in [6.07, 6.45) is 5.75. The lowest BCUT2D eigenvalue weighted by atomic mass is 9.99. The van der Waals surface area contributed by atoms with Gasteiger partial charge in [-0.2, -0.15) is 4.98 Å². The number of carbonyl (C=O) groups is 4. The minimum Gasteiger partial charge on any atom is -0.494 e. The van der Waals surface area contributed by atoms with Crippen molar-refractivity contribution in [2.75, 3.05) is 98.5 Å². The van der Waals surface area contributed by atoms with Gasteiger partial charge in [0.2, 0.25) is 33.7 Å². The number of aryl methyl sites for hydroxylation is 1. The zero-order valence-corrected chi connectivity index (χ0v) is 39.8. The smallest absolute Gasteiger partial charge is 0.255 e. The summed E-state index contributed by atoms with van der Waals surface area (Å²) >= 11 is 6.56. The van der Waals surface area contributed by atoms with Crippen LogP contribution in [-0.2, 0) is 37.4 Å². The van der Waals surface area contributed by atoms with E-state index in [-0.39, 0.29) is 60.4 Å². The van der Waals surface area contributed by atoms with Gasteiger partial charge in [-0.25, -0.2) is 13.4 Å². The van der Waals surface area contributed by atoms with Crippen molar-refractivity contribution in [2.45, 2.75) is 57.7 Å². The van der Waals surface area contributed by atoms with Gasteiger partial charge in [0, 0.05) is 93.9 Å². The van der Waals surface area contributed by atoms with E-state index in [1.54, 1.807) is 37.4 Å². The van der Waals surface area contributed by atoms with Crippen LogP contribution in [0.2, 0.25) is 5.02 Å². The first-order valence-corrected chi connectivity index (χ1v) is 24.6. The summed E-state index contributed by atoms with van der Waals surface area (Å²) in [5, 5.41) is 12.3. The predicted octanol–water partition coefficient (Wildman–Crippen LogP) is 4.58. The minimum atomic E-state index is -3.63. The number of piperidine rings is 2. The average molecular weight is 959 g/mol. The number of carbonyl (C=O) groups excluding carboxylic acids is 4. The number of hydrogen-bond acceptors (Lipinski definition) is 15. The zero-order valence-electron chi connectivity index (χ0n) is 38.2. The van der Waals surface area contributed by atoms with Crippen LogP contribution in [0.1, 0.15) is 54.1 Å². The lowest BCUT2D eigenvalue weighted by Crippen LogP contribution is -2.55. The number of nitrogens with zero attached hydrogens (tertiary/aromatic N) is 7. The van der Waals surface area contributed by atoms with Crippen molar-refractivity contribution < 1.29 is 37.1 Å². The third-order valence-corrected chi connectivity index (χ3v) is 14.5. The highest BCUT2D eigenvalue weighted by molar-refractivity contribution is 7.92. The first kappa shape index (κ1) is 47.1. The summed E-state index contributed by atoms with van der Waals surface area (Å²) in [6, 6.07) is 14.2. The van der Waals surface area contributed by atoms with E-state index in [4.69, 9.17) is 21.1 Å². The first-order chi connectivity index (χ1) is 32.2. The third-order valence-electron chi connectivity index (χ3n) is 13.1. The Morgan fingerprint density at radius 3 is 2.33 bits per heavy atom. The number of rotatable bonds is 15. The summed E-state index contributed by atoms with van der Waals surface area (Å²) in [4.78, 5) is 68.3. The standard InChI is InChI=1S/C46H56ClN11O8S/c1-6-28-23-35(51-46-49-25-32(47)43(53-46)50-34-11-8-12-38(65-3)42(34)54(2)67(5,63)64)39(66-4)24-37(28)56-17-15-29(16-18-56)55-19-21-57(22-20-55)41(60)26-48-33-10-7-9-30-31(33)27-58(45(30)62)36-13-14-40(59)52-44(36)61/h7-12,23-25,29,36,48H,6,13-22,26-27H2,1-5H3,(H,52,59,61)(H2,49,50,51,53). The van der Waals surface area contributed by atoms with E-state index in [9.17, 15) is 27.6 Å². The number of aromatic nitrogens is 2. The fourth-order valence-corrected chi connectivity index (χ4v) is 10.0. The molecule has 4 aromatic rings. The molecule has 3 fully saturated rings. The number of ether oxygens (including phenoxy) is 2. The van der Waals surface area contributed by atoms with Crippen molar-refractivity contribution in [2.24, 2.45) is 0 Å². The molecule has 1 atom stereocenters. The zero-order chi connectivity index (χ0) is 47.6. The van der Waals surface area contributed by atoms with Crippen molar-refractivity contribution >= 4 is 85.5 Å². The molecule has 21 heteroatoms. The molecule has 0 saturated carbocycles. The van der Waals surface area contributed by atoms with Gasteiger partial charge >= 0.3 is 0 Å². The van der Waals surface area contributed by atoms with Gasteiger partial charge in [0.05, 0.1) is 44.6 Å². The molecule has 5 heterocycles. The monoisotopic (exact) mass is 957 g/mol. The topological polar surface area (TPSA) is 211 Å². The van der Waals surface area contributed by atoms with Crippen molar-refractivity contribution in [1.82, 2.24) is 30.0 Å². The van der Waals surface area contributed by atoms with Gasteiger partial charge in [0.1, 0.15) is 28.3 Å². The number of para-hydroxylation sites is 1. The summed E-state index contributed by atoms with van der Waals surface area (Å²) in [5.41, 5.74) is 5.54. The average Bonchev–Trinajstić information content (AvgIpc) is 3.66. The lowest BCUT2D eigenvalue weighted by molar-refractivity contribution is -0.137. The molecule has 356 valence electrons. The third kappa shape index (κ3) is 10.0. The van der Waals surface area contributed by atoms with Crippen LogP contribution >= 0.6 is 11.6 Å². The Labute approximate surface area is 395 Å². The fraction of sp³-hybridized carbons (Fsp3) is 0.435. The van der Waals surface area contributed by atoms with Crippen LogP contribution in [0.5, 0.6) is 11.5 Å². The first-order valence-electron chi connectivity index (χ1n) is 22.3. The molecule has 8 rings (SSSR count). The van der Waals surface area contributed by atoms with E-state index in [1.807, 2.05) is 11.0 Å². The Kier molecular flexibility index (Phi) is 14.0. The van der Waals surface area contributed by atoms with Crippen LogP contribution in [0.3, 0.4) is 0 Å². The van der Waals surface area contributed by atoms with Gasteiger partial charge in [-0.3, -0.25) is 33.7 Å². The maximum atomic E-state index is 13.4. The number of amides is 4. The van der Waals surface area contributed by atoms with Crippen LogP contribution in [-0.4, -0.2) is 142 Å². The molecular formula is C46H56ClN11O8S. The summed E-state index contributed by atoms with van der Waals surface area (Å²) < 4.78 is 37.6. The molecule has 4 amide bonds. The number of halogens is 1. The highest BCUT2D eigenvalue weighted by atomic mass is 35.5. The Balaban J connectivity index is 0.853. The maximum absolute atomic E-state index is 13.4. The normalized spacial score (nSPS) is 18.1. The molecule has 4 aliphatic rings. The Bertz CT molecular complexity index is 2670. The van der Waals surface area contributed by atoms with E-state index in [2.05, 4.69) is 60.1 Å². The number of piperazine rings is 1. The van der Waals surface area contributed by atoms with Crippen LogP contribution in [0, 0.1) is 0 Å². The largest absolute Gasteiger partial charge is 0.494 e. The molecule has 4 aliphatic heterocycles. The molecule has 67 heavy (non-hydrogen) atoms. The number of benzene rings is 3. The number of anilines is 7.